The molecule has 0 amide bonds. The summed E-state index contributed by atoms with van der Waals surface area (Å²) in [5.41, 5.74) is 2.20. The Morgan fingerprint density at radius 2 is 1.87 bits per heavy atom. The van der Waals surface area contributed by atoms with E-state index >= 15 is 0 Å². The van der Waals surface area contributed by atoms with Crippen LogP contribution >= 0.6 is 0 Å². The van der Waals surface area contributed by atoms with Crippen molar-refractivity contribution in [3.63, 3.8) is 0 Å². The van der Waals surface area contributed by atoms with E-state index in [4.69, 9.17) is 18.9 Å². The molecule has 11 heteroatoms. The summed E-state index contributed by atoms with van der Waals surface area (Å²) in [5, 5.41) is 41.2. The van der Waals surface area contributed by atoms with Gasteiger partial charge in [0.1, 0.15) is 40.7 Å². The van der Waals surface area contributed by atoms with Gasteiger partial charge in [-0.05, 0) is 38.3 Å². The third kappa shape index (κ3) is 4.72. The van der Waals surface area contributed by atoms with Crippen LogP contribution < -0.4 is 4.74 Å². The van der Waals surface area contributed by atoms with Crippen LogP contribution in [0.15, 0.2) is 23.8 Å². The molecular weight excluding hydrogens is 500 g/mol. The molecule has 0 spiro atoms. The van der Waals surface area contributed by atoms with Crippen molar-refractivity contribution < 1.29 is 53.8 Å². The summed E-state index contributed by atoms with van der Waals surface area (Å²) in [6, 6.07) is 2.05. The molecule has 0 aliphatic carbocycles. The standard InChI is InChI=1S/C27H28O11/c1-12(5-7-15-22(31)21-17(11-36-25(21)32)13(2)23(15)35-4)6-8-19(30)37-24-16-9-14(28)10-18(29)20(16)26(33)38-27(24,3)34/h5,9-10,24,28-29,31,34H,6-8,11H2,1-4H3/b12-5+/t24-,27+/m1/s1. The molecule has 0 unspecified atom stereocenters. The van der Waals surface area contributed by atoms with E-state index in [-0.39, 0.29) is 54.1 Å². The molecule has 0 saturated heterocycles. The van der Waals surface area contributed by atoms with Gasteiger partial charge in [0.2, 0.25) is 0 Å². The number of allylic oxidation sites excluding steroid dienone is 2. The Morgan fingerprint density at radius 3 is 2.55 bits per heavy atom. The van der Waals surface area contributed by atoms with Crippen LogP contribution in [0.5, 0.6) is 23.0 Å². The monoisotopic (exact) mass is 528 g/mol. The highest BCUT2D eigenvalue weighted by Gasteiger charge is 2.48. The first-order chi connectivity index (χ1) is 17.9. The number of benzene rings is 2. The van der Waals surface area contributed by atoms with E-state index in [9.17, 15) is 34.8 Å². The fourth-order valence-corrected chi connectivity index (χ4v) is 4.71. The summed E-state index contributed by atoms with van der Waals surface area (Å²) in [6.07, 6.45) is 0.653. The molecule has 4 rings (SSSR count). The zero-order chi connectivity index (χ0) is 27.9. The molecule has 2 aromatic carbocycles. The van der Waals surface area contributed by atoms with Crippen LogP contribution in [0.3, 0.4) is 0 Å². The summed E-state index contributed by atoms with van der Waals surface area (Å²) in [7, 11) is 1.47. The molecule has 2 aliphatic rings. The normalized spacial score (nSPS) is 20.3. The third-order valence-corrected chi connectivity index (χ3v) is 6.68. The zero-order valence-corrected chi connectivity index (χ0v) is 21.3. The van der Waals surface area contributed by atoms with Crippen molar-refractivity contribution in [1.29, 1.82) is 0 Å². The fraction of sp³-hybridized carbons (Fsp3) is 0.370. The van der Waals surface area contributed by atoms with Crippen LogP contribution in [0.25, 0.3) is 0 Å². The Bertz CT molecular complexity index is 1370. The van der Waals surface area contributed by atoms with E-state index in [1.54, 1.807) is 19.9 Å². The lowest BCUT2D eigenvalue weighted by atomic mass is 9.93. The van der Waals surface area contributed by atoms with E-state index < -0.39 is 35.5 Å². The zero-order valence-electron chi connectivity index (χ0n) is 21.3. The maximum Gasteiger partial charge on any atom is 0.345 e. The average molecular weight is 529 g/mol. The van der Waals surface area contributed by atoms with Crippen molar-refractivity contribution in [3.8, 4) is 23.0 Å². The van der Waals surface area contributed by atoms with Gasteiger partial charge in [-0.3, -0.25) is 4.79 Å². The van der Waals surface area contributed by atoms with Crippen molar-refractivity contribution in [2.24, 2.45) is 0 Å². The second kappa shape index (κ2) is 9.90. The Balaban J connectivity index is 1.48. The number of fused-ring (bicyclic) bond motifs is 2. The van der Waals surface area contributed by atoms with Gasteiger partial charge in [0, 0.05) is 36.1 Å². The molecule has 0 aromatic heterocycles. The lowest BCUT2D eigenvalue weighted by molar-refractivity contribution is -0.233. The van der Waals surface area contributed by atoms with Crippen molar-refractivity contribution in [2.45, 2.75) is 58.5 Å². The van der Waals surface area contributed by atoms with E-state index in [1.807, 2.05) is 0 Å². The number of phenols is 3. The third-order valence-electron chi connectivity index (χ3n) is 6.68. The summed E-state index contributed by atoms with van der Waals surface area (Å²) in [4.78, 5) is 37.0. The van der Waals surface area contributed by atoms with Crippen LogP contribution in [0.2, 0.25) is 0 Å². The number of aliphatic hydroxyl groups is 1. The number of esters is 3. The SMILES string of the molecule is COc1c(C)c2c(c(O)c1C/C=C(\C)CCC(=O)O[C@@H]1c3cc(O)cc(O)c3C(=O)O[C@]1(C)O)C(=O)OC2. The first-order valence-electron chi connectivity index (χ1n) is 11.8. The quantitative estimate of drug-likeness (QED) is 0.236. The van der Waals surface area contributed by atoms with Gasteiger partial charge in [0.15, 0.2) is 6.10 Å². The van der Waals surface area contributed by atoms with Crippen LogP contribution in [0, 0.1) is 6.92 Å². The minimum atomic E-state index is -2.23. The summed E-state index contributed by atoms with van der Waals surface area (Å²) in [5.74, 6) is -5.30. The second-order valence-electron chi connectivity index (χ2n) is 9.41. The molecule has 2 aromatic rings. The second-order valence-corrected chi connectivity index (χ2v) is 9.41. The van der Waals surface area contributed by atoms with Crippen LogP contribution in [0.1, 0.15) is 75.8 Å². The van der Waals surface area contributed by atoms with Crippen LogP contribution in [0.4, 0.5) is 0 Å². The Hall–Kier alpha value is -4.25. The first-order valence-corrected chi connectivity index (χ1v) is 11.8. The van der Waals surface area contributed by atoms with Crippen molar-refractivity contribution in [1.82, 2.24) is 0 Å². The van der Waals surface area contributed by atoms with Gasteiger partial charge >= 0.3 is 17.9 Å². The molecule has 11 nitrogen and oxygen atoms in total. The van der Waals surface area contributed by atoms with Crippen LogP contribution in [-0.2, 0) is 32.0 Å². The van der Waals surface area contributed by atoms with Gasteiger partial charge < -0.3 is 39.4 Å². The van der Waals surface area contributed by atoms with Gasteiger partial charge in [0.25, 0.3) is 5.79 Å². The number of carbonyl (C=O) groups is 3. The number of rotatable bonds is 7. The molecule has 0 radical (unpaired) electrons. The Kier molecular flexibility index (Phi) is 6.98. The first kappa shape index (κ1) is 26.8. The molecule has 0 bridgehead atoms. The van der Waals surface area contributed by atoms with Crippen molar-refractivity contribution >= 4 is 17.9 Å². The molecule has 202 valence electrons. The Morgan fingerprint density at radius 1 is 1.16 bits per heavy atom. The molecule has 2 atom stereocenters. The maximum atomic E-state index is 12.7. The molecular formula is C27H28O11. The van der Waals surface area contributed by atoms with Gasteiger partial charge in [0.05, 0.1) is 7.11 Å². The lowest BCUT2D eigenvalue weighted by Gasteiger charge is -2.36. The summed E-state index contributed by atoms with van der Waals surface area (Å²) >= 11 is 0. The highest BCUT2D eigenvalue weighted by molar-refractivity contribution is 5.98. The molecule has 0 saturated carbocycles. The average Bonchev–Trinajstić information content (AvgIpc) is 3.22. The van der Waals surface area contributed by atoms with Gasteiger partial charge in [-0.2, -0.15) is 0 Å². The molecule has 2 heterocycles. The van der Waals surface area contributed by atoms with Crippen molar-refractivity contribution in [2.75, 3.05) is 7.11 Å². The highest BCUT2D eigenvalue weighted by Crippen LogP contribution is 2.44. The minimum absolute atomic E-state index is 0.0674. The molecule has 38 heavy (non-hydrogen) atoms. The fourth-order valence-electron chi connectivity index (χ4n) is 4.71. The van der Waals surface area contributed by atoms with Crippen LogP contribution in [-0.4, -0.2) is 51.2 Å². The largest absolute Gasteiger partial charge is 0.508 e. The number of methoxy groups -OCH3 is 1. The number of hydrogen-bond acceptors (Lipinski definition) is 11. The number of carbonyl (C=O) groups excluding carboxylic acids is 3. The van der Waals surface area contributed by atoms with Crippen molar-refractivity contribution in [3.05, 3.63) is 57.2 Å². The van der Waals surface area contributed by atoms with Gasteiger partial charge in [-0.15, -0.1) is 0 Å². The molecule has 0 fully saturated rings. The number of ether oxygens (including phenoxy) is 4. The number of cyclic esters (lactones) is 2. The predicted octanol–water partition coefficient (Wildman–Crippen LogP) is 3.22. The van der Waals surface area contributed by atoms with E-state index in [0.717, 1.165) is 24.6 Å². The minimum Gasteiger partial charge on any atom is -0.508 e. The molecule has 2 aliphatic heterocycles. The van der Waals surface area contributed by atoms with Gasteiger partial charge in [-0.25, -0.2) is 9.59 Å². The summed E-state index contributed by atoms with van der Waals surface area (Å²) in [6.45, 7) is 4.75. The topological polar surface area (TPSA) is 169 Å². The molecule has 4 N–H and O–H groups in total. The van der Waals surface area contributed by atoms with E-state index in [1.165, 1.54) is 7.11 Å². The lowest BCUT2D eigenvalue weighted by Crippen LogP contribution is -2.44. The van der Waals surface area contributed by atoms with E-state index in [0.29, 0.717) is 22.4 Å². The number of phenolic OH excluding ortho intramolecular Hbond substituents is 3. The number of aromatic hydroxyl groups is 3. The Labute approximate surface area is 217 Å². The number of hydrogen-bond donors (Lipinski definition) is 4. The van der Waals surface area contributed by atoms with E-state index in [2.05, 4.69) is 0 Å². The summed E-state index contributed by atoms with van der Waals surface area (Å²) < 4.78 is 20.9. The predicted molar refractivity (Wildman–Crippen MR) is 130 cm³/mol. The highest BCUT2D eigenvalue weighted by atomic mass is 16.7. The van der Waals surface area contributed by atoms with Gasteiger partial charge in [-0.1, -0.05) is 11.6 Å². The smallest absolute Gasteiger partial charge is 0.345 e. The maximum absolute atomic E-state index is 12.7.